The molecule has 2 N–H and O–H groups in total. The van der Waals surface area contributed by atoms with Crippen molar-refractivity contribution in [2.24, 2.45) is 0 Å². The van der Waals surface area contributed by atoms with Gasteiger partial charge in [-0.25, -0.2) is 0 Å². The molecule has 0 spiro atoms. The smallest absolute Gasteiger partial charge is 0.244 e. The van der Waals surface area contributed by atoms with Crippen molar-refractivity contribution in [3.63, 3.8) is 0 Å². The van der Waals surface area contributed by atoms with Gasteiger partial charge in [0.05, 0.1) is 14.2 Å². The molecule has 2 aromatic carbocycles. The highest BCUT2D eigenvalue weighted by molar-refractivity contribution is 5.91. The number of methoxy groups -OCH3 is 2. The summed E-state index contributed by atoms with van der Waals surface area (Å²) < 4.78 is 10.2. The second kappa shape index (κ2) is 7.89. The van der Waals surface area contributed by atoms with Gasteiger partial charge >= 0.3 is 0 Å². The second-order valence-electron chi connectivity index (χ2n) is 4.79. The monoisotopic (exact) mass is 313 g/mol. The van der Waals surface area contributed by atoms with Crippen molar-refractivity contribution >= 4 is 12.0 Å². The van der Waals surface area contributed by atoms with Crippen LogP contribution in [0, 0.1) is 0 Å². The summed E-state index contributed by atoms with van der Waals surface area (Å²) in [6.45, 7) is 0.376. The first-order chi connectivity index (χ1) is 11.1. The quantitative estimate of drug-likeness (QED) is 0.805. The molecular formula is C18H19NO4. The fourth-order valence-electron chi connectivity index (χ4n) is 2.07. The van der Waals surface area contributed by atoms with Crippen LogP contribution in [0.5, 0.6) is 17.2 Å². The molecule has 1 amide bonds. The molecule has 0 atom stereocenters. The Bertz CT molecular complexity index is 710. The summed E-state index contributed by atoms with van der Waals surface area (Å²) in [5.41, 5.74) is 1.61. The van der Waals surface area contributed by atoms with E-state index in [1.54, 1.807) is 25.3 Å². The van der Waals surface area contributed by atoms with Crippen molar-refractivity contribution in [3.8, 4) is 17.2 Å². The third kappa shape index (κ3) is 4.51. The number of benzene rings is 2. The fourth-order valence-corrected chi connectivity index (χ4v) is 2.07. The van der Waals surface area contributed by atoms with Crippen LogP contribution in [0.1, 0.15) is 11.1 Å². The van der Waals surface area contributed by atoms with Crippen molar-refractivity contribution in [2.75, 3.05) is 14.2 Å². The van der Waals surface area contributed by atoms with Gasteiger partial charge in [-0.2, -0.15) is 0 Å². The van der Waals surface area contributed by atoms with Crippen molar-refractivity contribution < 1.29 is 19.4 Å². The van der Waals surface area contributed by atoms with E-state index in [0.29, 0.717) is 17.9 Å². The van der Waals surface area contributed by atoms with Crippen LogP contribution in [-0.2, 0) is 11.3 Å². The van der Waals surface area contributed by atoms with Crippen LogP contribution in [-0.4, -0.2) is 25.2 Å². The number of rotatable bonds is 6. The number of ether oxygens (including phenoxy) is 2. The van der Waals surface area contributed by atoms with Gasteiger partial charge in [0.2, 0.25) is 5.91 Å². The number of phenolic OH excluding ortho intramolecular Hbond substituents is 1. The second-order valence-corrected chi connectivity index (χ2v) is 4.79. The summed E-state index contributed by atoms with van der Waals surface area (Å²) in [5.74, 6) is 0.926. The van der Waals surface area contributed by atoms with E-state index in [2.05, 4.69) is 5.32 Å². The largest absolute Gasteiger partial charge is 0.504 e. The standard InChI is InChI=1S/C18H19NO4/c1-22-16-6-4-3-5-14(16)12-19-18(21)10-8-13-7-9-17(23-2)15(20)11-13/h3-11,20H,12H2,1-2H3,(H,19,21)/b10-8+. The molecule has 2 rings (SSSR count). The molecule has 0 heterocycles. The Kier molecular flexibility index (Phi) is 5.63. The molecule has 0 radical (unpaired) electrons. The minimum Gasteiger partial charge on any atom is -0.504 e. The van der Waals surface area contributed by atoms with Gasteiger partial charge in [-0.05, 0) is 29.8 Å². The van der Waals surface area contributed by atoms with E-state index < -0.39 is 0 Å². The molecule has 120 valence electrons. The topological polar surface area (TPSA) is 67.8 Å². The number of nitrogens with one attached hydrogen (secondary N) is 1. The predicted molar refractivity (Wildman–Crippen MR) is 88.5 cm³/mol. The van der Waals surface area contributed by atoms with Gasteiger partial charge in [-0.15, -0.1) is 0 Å². The van der Waals surface area contributed by atoms with Crippen LogP contribution in [0.3, 0.4) is 0 Å². The number of aromatic hydroxyl groups is 1. The maximum atomic E-state index is 11.9. The maximum Gasteiger partial charge on any atom is 0.244 e. The molecule has 5 heteroatoms. The zero-order chi connectivity index (χ0) is 16.7. The van der Waals surface area contributed by atoms with Gasteiger partial charge < -0.3 is 19.9 Å². The highest BCUT2D eigenvalue weighted by atomic mass is 16.5. The number of amides is 1. The molecule has 0 aliphatic heterocycles. The van der Waals surface area contributed by atoms with E-state index in [0.717, 1.165) is 11.3 Å². The number of carbonyl (C=O) groups is 1. The Hall–Kier alpha value is -2.95. The molecule has 2 aromatic rings. The molecule has 23 heavy (non-hydrogen) atoms. The van der Waals surface area contributed by atoms with Gasteiger partial charge in [-0.3, -0.25) is 4.79 Å². The van der Waals surface area contributed by atoms with E-state index in [4.69, 9.17) is 9.47 Å². The third-order valence-electron chi connectivity index (χ3n) is 3.28. The number of hydrogen-bond donors (Lipinski definition) is 2. The zero-order valence-corrected chi connectivity index (χ0v) is 13.1. The molecule has 0 aliphatic carbocycles. The van der Waals surface area contributed by atoms with Gasteiger partial charge in [0.15, 0.2) is 11.5 Å². The molecule has 0 aromatic heterocycles. The summed E-state index contributed by atoms with van der Waals surface area (Å²) in [6, 6.07) is 12.4. The van der Waals surface area contributed by atoms with Crippen LogP contribution < -0.4 is 14.8 Å². The van der Waals surface area contributed by atoms with Crippen molar-refractivity contribution in [1.82, 2.24) is 5.32 Å². The first-order valence-electron chi connectivity index (χ1n) is 7.09. The minimum absolute atomic E-state index is 0.0316. The number of hydrogen-bond acceptors (Lipinski definition) is 4. The molecule has 0 saturated carbocycles. The zero-order valence-electron chi connectivity index (χ0n) is 13.1. The maximum absolute atomic E-state index is 11.9. The third-order valence-corrected chi connectivity index (χ3v) is 3.28. The summed E-state index contributed by atoms with van der Waals surface area (Å²) in [4.78, 5) is 11.9. The molecule has 0 saturated heterocycles. The van der Waals surface area contributed by atoms with Gasteiger partial charge in [0.25, 0.3) is 0 Å². The first kappa shape index (κ1) is 16.4. The SMILES string of the molecule is COc1ccc(/C=C/C(=O)NCc2ccccc2OC)cc1O. The fraction of sp³-hybridized carbons (Fsp3) is 0.167. The Labute approximate surface area is 135 Å². The lowest BCUT2D eigenvalue weighted by Crippen LogP contribution is -2.20. The molecule has 5 nitrogen and oxygen atoms in total. The Morgan fingerprint density at radius 1 is 1.13 bits per heavy atom. The normalized spacial score (nSPS) is 10.5. The Balaban J connectivity index is 1.95. The van der Waals surface area contributed by atoms with E-state index in [1.807, 2.05) is 24.3 Å². The Morgan fingerprint density at radius 3 is 2.57 bits per heavy atom. The molecule has 0 unspecified atom stereocenters. The van der Waals surface area contributed by atoms with Crippen LogP contribution in [0.2, 0.25) is 0 Å². The lowest BCUT2D eigenvalue weighted by molar-refractivity contribution is -0.116. The number of phenols is 1. The van der Waals surface area contributed by atoms with Gasteiger partial charge in [-0.1, -0.05) is 24.3 Å². The Morgan fingerprint density at radius 2 is 1.87 bits per heavy atom. The van der Waals surface area contributed by atoms with Crippen molar-refractivity contribution in [2.45, 2.75) is 6.54 Å². The van der Waals surface area contributed by atoms with Gasteiger partial charge in [0.1, 0.15) is 5.75 Å². The van der Waals surface area contributed by atoms with Crippen LogP contribution in [0.4, 0.5) is 0 Å². The lowest BCUT2D eigenvalue weighted by Gasteiger charge is -2.08. The summed E-state index contributed by atoms with van der Waals surface area (Å²) in [6.07, 6.45) is 3.04. The molecule has 0 fully saturated rings. The van der Waals surface area contributed by atoms with E-state index in [1.165, 1.54) is 19.3 Å². The first-order valence-corrected chi connectivity index (χ1v) is 7.09. The molecule has 0 bridgehead atoms. The van der Waals surface area contributed by atoms with E-state index >= 15 is 0 Å². The van der Waals surface area contributed by atoms with Crippen molar-refractivity contribution in [3.05, 3.63) is 59.7 Å². The highest BCUT2D eigenvalue weighted by Gasteiger charge is 2.03. The van der Waals surface area contributed by atoms with E-state index in [9.17, 15) is 9.90 Å². The average molecular weight is 313 g/mol. The van der Waals surface area contributed by atoms with Gasteiger partial charge in [0, 0.05) is 18.2 Å². The van der Waals surface area contributed by atoms with Crippen molar-refractivity contribution in [1.29, 1.82) is 0 Å². The number of para-hydroxylation sites is 1. The summed E-state index contributed by atoms with van der Waals surface area (Å²) in [7, 11) is 3.08. The molecule has 0 aliphatic rings. The van der Waals surface area contributed by atoms with Crippen LogP contribution >= 0.6 is 0 Å². The lowest BCUT2D eigenvalue weighted by atomic mass is 10.2. The van der Waals surface area contributed by atoms with Crippen LogP contribution in [0.15, 0.2) is 48.5 Å². The summed E-state index contributed by atoms with van der Waals surface area (Å²) >= 11 is 0. The molecular weight excluding hydrogens is 294 g/mol. The predicted octanol–water partition coefficient (Wildman–Crippen LogP) is 2.74. The minimum atomic E-state index is -0.230. The summed E-state index contributed by atoms with van der Waals surface area (Å²) in [5, 5.41) is 12.5. The highest BCUT2D eigenvalue weighted by Crippen LogP contribution is 2.26. The van der Waals surface area contributed by atoms with Crippen LogP contribution in [0.25, 0.3) is 6.08 Å². The number of carbonyl (C=O) groups excluding carboxylic acids is 1. The average Bonchev–Trinajstić information content (AvgIpc) is 2.58. The van der Waals surface area contributed by atoms with E-state index in [-0.39, 0.29) is 11.7 Å².